The van der Waals surface area contributed by atoms with Crippen LogP contribution in [0, 0.1) is 5.92 Å². The predicted molar refractivity (Wildman–Crippen MR) is 70.4 cm³/mol. The molecule has 1 aliphatic heterocycles. The quantitative estimate of drug-likeness (QED) is 0.792. The third kappa shape index (κ3) is 3.01. The Labute approximate surface area is 116 Å². The van der Waals surface area contributed by atoms with Crippen LogP contribution >= 0.6 is 0 Å². The molecule has 1 atom stereocenters. The first kappa shape index (κ1) is 14.2. The summed E-state index contributed by atoms with van der Waals surface area (Å²) in [6, 6.07) is 3.75. The number of hydrogen-bond acceptors (Lipinski definition) is 5. The lowest BCUT2D eigenvalue weighted by atomic mass is 9.97. The highest BCUT2D eigenvalue weighted by molar-refractivity contribution is 5.95. The number of aromatic hydroxyl groups is 2. The van der Waals surface area contributed by atoms with E-state index < -0.39 is 0 Å². The van der Waals surface area contributed by atoms with Crippen molar-refractivity contribution in [1.29, 1.82) is 0 Å². The maximum absolute atomic E-state index is 12.3. The molecular formula is C14H17NO5. The van der Waals surface area contributed by atoms with Gasteiger partial charge in [-0.1, -0.05) is 0 Å². The molecule has 0 saturated carbocycles. The zero-order chi connectivity index (χ0) is 14.7. The summed E-state index contributed by atoms with van der Waals surface area (Å²) < 4.78 is 4.70. The molecule has 1 aromatic carbocycles. The molecule has 1 unspecified atom stereocenters. The van der Waals surface area contributed by atoms with Crippen LogP contribution in [0.25, 0.3) is 0 Å². The summed E-state index contributed by atoms with van der Waals surface area (Å²) in [7, 11) is 1.33. The Morgan fingerprint density at radius 3 is 2.50 bits per heavy atom. The number of benzene rings is 1. The fourth-order valence-corrected chi connectivity index (χ4v) is 2.42. The number of likely N-dealkylation sites (tertiary alicyclic amines) is 1. The average Bonchev–Trinajstić information content (AvgIpc) is 2.44. The first-order valence-electron chi connectivity index (χ1n) is 6.41. The number of ether oxygens (including phenoxy) is 1. The number of esters is 1. The van der Waals surface area contributed by atoms with Crippen LogP contribution < -0.4 is 0 Å². The van der Waals surface area contributed by atoms with Gasteiger partial charge in [-0.2, -0.15) is 0 Å². The van der Waals surface area contributed by atoms with Gasteiger partial charge in [-0.05, 0) is 25.0 Å². The summed E-state index contributed by atoms with van der Waals surface area (Å²) in [6.07, 6.45) is 1.41. The van der Waals surface area contributed by atoms with Crippen LogP contribution in [0.15, 0.2) is 18.2 Å². The first-order valence-corrected chi connectivity index (χ1v) is 6.41. The number of phenolic OH excluding ortho intramolecular Hbond substituents is 2. The van der Waals surface area contributed by atoms with Crippen molar-refractivity contribution in [2.75, 3.05) is 20.2 Å². The van der Waals surface area contributed by atoms with Gasteiger partial charge in [-0.15, -0.1) is 0 Å². The Morgan fingerprint density at radius 2 is 1.90 bits per heavy atom. The van der Waals surface area contributed by atoms with Crippen LogP contribution in [0.2, 0.25) is 0 Å². The number of nitrogens with zero attached hydrogens (tertiary/aromatic N) is 1. The van der Waals surface area contributed by atoms with E-state index in [0.29, 0.717) is 19.5 Å². The molecule has 1 aliphatic rings. The lowest BCUT2D eigenvalue weighted by Gasteiger charge is -2.31. The fraction of sp³-hybridized carbons (Fsp3) is 0.429. The molecule has 20 heavy (non-hydrogen) atoms. The Balaban J connectivity index is 2.14. The van der Waals surface area contributed by atoms with E-state index in [-0.39, 0.29) is 34.9 Å². The van der Waals surface area contributed by atoms with Gasteiger partial charge in [0, 0.05) is 24.7 Å². The second-order valence-electron chi connectivity index (χ2n) is 4.85. The number of hydrogen-bond donors (Lipinski definition) is 2. The van der Waals surface area contributed by atoms with E-state index in [1.807, 2.05) is 0 Å². The van der Waals surface area contributed by atoms with E-state index in [4.69, 9.17) is 4.74 Å². The van der Waals surface area contributed by atoms with Crippen molar-refractivity contribution in [1.82, 2.24) is 4.90 Å². The van der Waals surface area contributed by atoms with Crippen LogP contribution in [0.1, 0.15) is 23.2 Å². The number of phenols is 2. The van der Waals surface area contributed by atoms with Crippen LogP contribution in [0.4, 0.5) is 0 Å². The fourth-order valence-electron chi connectivity index (χ4n) is 2.42. The minimum atomic E-state index is -0.318. The normalized spacial score (nSPS) is 18.6. The van der Waals surface area contributed by atoms with Gasteiger partial charge in [-0.3, -0.25) is 9.59 Å². The topological polar surface area (TPSA) is 87.1 Å². The Morgan fingerprint density at radius 1 is 1.25 bits per heavy atom. The lowest BCUT2D eigenvalue weighted by Crippen LogP contribution is -2.42. The van der Waals surface area contributed by atoms with Gasteiger partial charge < -0.3 is 19.8 Å². The largest absolute Gasteiger partial charge is 0.508 e. The van der Waals surface area contributed by atoms with E-state index in [9.17, 15) is 19.8 Å². The summed E-state index contributed by atoms with van der Waals surface area (Å²) in [4.78, 5) is 25.4. The summed E-state index contributed by atoms with van der Waals surface area (Å²) in [6.45, 7) is 0.838. The van der Waals surface area contributed by atoms with Crippen molar-refractivity contribution in [2.24, 2.45) is 5.92 Å². The summed E-state index contributed by atoms with van der Waals surface area (Å²) >= 11 is 0. The highest BCUT2D eigenvalue weighted by Crippen LogP contribution is 2.24. The van der Waals surface area contributed by atoms with Gasteiger partial charge in [0.2, 0.25) is 0 Å². The molecule has 0 bridgehead atoms. The van der Waals surface area contributed by atoms with Crippen molar-refractivity contribution < 1.29 is 24.5 Å². The highest BCUT2D eigenvalue weighted by atomic mass is 16.5. The van der Waals surface area contributed by atoms with E-state index in [1.165, 1.54) is 19.2 Å². The highest BCUT2D eigenvalue weighted by Gasteiger charge is 2.29. The summed E-state index contributed by atoms with van der Waals surface area (Å²) in [5.41, 5.74) is 0.202. The molecule has 0 aromatic heterocycles. The van der Waals surface area contributed by atoms with Crippen molar-refractivity contribution >= 4 is 11.9 Å². The van der Waals surface area contributed by atoms with Crippen molar-refractivity contribution in [3.8, 4) is 11.5 Å². The predicted octanol–water partition coefficient (Wildman–Crippen LogP) is 1.12. The molecule has 6 heteroatoms. The van der Waals surface area contributed by atoms with Crippen molar-refractivity contribution in [3.63, 3.8) is 0 Å². The van der Waals surface area contributed by atoms with Gasteiger partial charge in [0.15, 0.2) is 0 Å². The van der Waals surface area contributed by atoms with Crippen LogP contribution in [0.5, 0.6) is 11.5 Å². The Hall–Kier alpha value is -2.24. The minimum absolute atomic E-state index is 0.171. The molecule has 1 fully saturated rings. The van der Waals surface area contributed by atoms with Crippen molar-refractivity contribution in [2.45, 2.75) is 12.8 Å². The van der Waals surface area contributed by atoms with Crippen LogP contribution in [-0.2, 0) is 9.53 Å². The molecule has 1 aromatic rings. The van der Waals surface area contributed by atoms with E-state index in [1.54, 1.807) is 4.90 Å². The van der Waals surface area contributed by atoms with Gasteiger partial charge in [0.05, 0.1) is 13.0 Å². The third-order valence-corrected chi connectivity index (χ3v) is 3.39. The third-order valence-electron chi connectivity index (χ3n) is 3.39. The molecule has 108 valence electrons. The number of carbonyl (C=O) groups excluding carboxylic acids is 2. The smallest absolute Gasteiger partial charge is 0.310 e. The molecule has 1 amide bonds. The maximum Gasteiger partial charge on any atom is 0.310 e. The van der Waals surface area contributed by atoms with Crippen LogP contribution in [-0.4, -0.2) is 47.2 Å². The van der Waals surface area contributed by atoms with Gasteiger partial charge >= 0.3 is 5.97 Å². The molecular weight excluding hydrogens is 262 g/mol. The second-order valence-corrected chi connectivity index (χ2v) is 4.85. The van der Waals surface area contributed by atoms with E-state index in [2.05, 4.69) is 0 Å². The number of rotatable bonds is 2. The Bertz CT molecular complexity index is 508. The molecule has 1 saturated heterocycles. The maximum atomic E-state index is 12.3. The molecule has 2 N–H and O–H groups in total. The number of piperidine rings is 1. The number of amides is 1. The zero-order valence-electron chi connectivity index (χ0n) is 11.2. The zero-order valence-corrected chi connectivity index (χ0v) is 11.2. The number of carbonyl (C=O) groups is 2. The van der Waals surface area contributed by atoms with E-state index >= 15 is 0 Å². The lowest BCUT2D eigenvalue weighted by molar-refractivity contribution is -0.146. The van der Waals surface area contributed by atoms with Gasteiger partial charge in [0.25, 0.3) is 5.91 Å². The van der Waals surface area contributed by atoms with Crippen LogP contribution in [0.3, 0.4) is 0 Å². The van der Waals surface area contributed by atoms with Crippen molar-refractivity contribution in [3.05, 3.63) is 23.8 Å². The summed E-state index contributed by atoms with van der Waals surface area (Å²) in [5.74, 6) is -1.29. The summed E-state index contributed by atoms with van der Waals surface area (Å²) in [5, 5.41) is 18.8. The molecule has 1 heterocycles. The average molecular weight is 279 g/mol. The molecule has 0 radical (unpaired) electrons. The standard InChI is InChI=1S/C14H17NO5/c1-20-14(19)9-3-2-4-15(8-9)13(18)10-5-11(16)7-12(17)6-10/h5-7,9,16-17H,2-4,8H2,1H3. The van der Waals surface area contributed by atoms with Gasteiger partial charge in [-0.25, -0.2) is 0 Å². The Kier molecular flexibility index (Phi) is 4.12. The van der Waals surface area contributed by atoms with Gasteiger partial charge in [0.1, 0.15) is 11.5 Å². The molecule has 0 aliphatic carbocycles. The number of methoxy groups -OCH3 is 1. The molecule has 2 rings (SSSR count). The minimum Gasteiger partial charge on any atom is -0.508 e. The molecule has 6 nitrogen and oxygen atoms in total. The molecule has 0 spiro atoms. The monoisotopic (exact) mass is 279 g/mol. The first-order chi connectivity index (χ1) is 9.51. The van der Waals surface area contributed by atoms with E-state index in [0.717, 1.165) is 12.5 Å². The SMILES string of the molecule is COC(=O)C1CCCN(C(=O)c2cc(O)cc(O)c2)C1. The second kappa shape index (κ2) is 5.81.